The molecule has 108 valence electrons. The van der Waals surface area contributed by atoms with E-state index in [0.29, 0.717) is 17.3 Å². The molecule has 0 radical (unpaired) electrons. The van der Waals surface area contributed by atoms with Crippen molar-refractivity contribution in [3.63, 3.8) is 0 Å². The second-order valence-corrected chi connectivity index (χ2v) is 7.91. The molecule has 1 N–H and O–H groups in total. The predicted molar refractivity (Wildman–Crippen MR) is 73.5 cm³/mol. The van der Waals surface area contributed by atoms with Crippen molar-refractivity contribution in [2.75, 3.05) is 0 Å². The molecule has 3 heterocycles. The van der Waals surface area contributed by atoms with Gasteiger partial charge in [0.2, 0.25) is 10.0 Å². The molecular formula is C12H13BrN2O4S. The van der Waals surface area contributed by atoms with Gasteiger partial charge in [0.1, 0.15) is 4.90 Å². The lowest BCUT2D eigenvalue weighted by molar-refractivity contribution is -0.142. The topological polar surface area (TPSA) is 87.6 Å². The van der Waals surface area contributed by atoms with E-state index >= 15 is 0 Å². The third-order valence-corrected chi connectivity index (χ3v) is 6.42. The first-order chi connectivity index (χ1) is 9.41. The van der Waals surface area contributed by atoms with Gasteiger partial charge in [-0.2, -0.15) is 4.31 Å². The first-order valence-electron chi connectivity index (χ1n) is 6.28. The Morgan fingerprint density at radius 2 is 2.15 bits per heavy atom. The Morgan fingerprint density at radius 3 is 2.75 bits per heavy atom. The molecule has 0 amide bonds. The Bertz CT molecular complexity index is 663. The Balaban J connectivity index is 1.99. The second-order valence-electron chi connectivity index (χ2n) is 5.15. The Hall–Kier alpha value is -0.990. The second kappa shape index (κ2) is 4.78. The van der Waals surface area contributed by atoms with Crippen LogP contribution in [0.25, 0.3) is 0 Å². The summed E-state index contributed by atoms with van der Waals surface area (Å²) in [5.41, 5.74) is 0. The number of aliphatic carboxylic acids is 1. The van der Waals surface area contributed by atoms with Crippen LogP contribution in [0.2, 0.25) is 0 Å². The van der Waals surface area contributed by atoms with Gasteiger partial charge in [-0.05, 0) is 41.3 Å². The predicted octanol–water partition coefficient (Wildman–Crippen LogP) is 1.47. The summed E-state index contributed by atoms with van der Waals surface area (Å²) in [5, 5.41) is 9.19. The van der Waals surface area contributed by atoms with Crippen LogP contribution < -0.4 is 0 Å². The number of pyridine rings is 1. The molecule has 6 nitrogen and oxygen atoms in total. The molecule has 0 spiro atoms. The molecule has 2 bridgehead atoms. The van der Waals surface area contributed by atoms with Crippen LogP contribution in [-0.4, -0.2) is 40.9 Å². The molecule has 3 atom stereocenters. The van der Waals surface area contributed by atoms with Crippen LogP contribution in [0.15, 0.2) is 27.8 Å². The number of hydrogen-bond donors (Lipinski definition) is 1. The van der Waals surface area contributed by atoms with E-state index in [0.717, 1.165) is 6.42 Å². The maximum absolute atomic E-state index is 12.7. The quantitative estimate of drug-likeness (QED) is 0.881. The van der Waals surface area contributed by atoms with E-state index in [2.05, 4.69) is 20.9 Å². The number of rotatable bonds is 3. The zero-order valence-electron chi connectivity index (χ0n) is 10.4. The molecule has 3 rings (SSSR count). The molecular weight excluding hydrogens is 348 g/mol. The highest BCUT2D eigenvalue weighted by Gasteiger charge is 2.54. The average Bonchev–Trinajstić information content (AvgIpc) is 2.96. The molecule has 0 saturated carbocycles. The monoisotopic (exact) mass is 360 g/mol. The Morgan fingerprint density at radius 1 is 1.40 bits per heavy atom. The van der Waals surface area contributed by atoms with Gasteiger partial charge in [-0.15, -0.1) is 0 Å². The summed E-state index contributed by atoms with van der Waals surface area (Å²) in [4.78, 5) is 15.2. The lowest BCUT2D eigenvalue weighted by Gasteiger charge is -2.22. The standard InChI is InChI=1S/C12H13BrN2O4S/c13-7-3-9(6-14-5-7)20(18,19)15-8-1-2-11(15)10(4-8)12(16)17/h3,5-6,8,10-11H,1-2,4H2,(H,16,17). The fourth-order valence-corrected chi connectivity index (χ4v) is 5.66. The normalized spacial score (nSPS) is 29.8. The van der Waals surface area contributed by atoms with E-state index in [9.17, 15) is 18.3 Å². The number of sulfonamides is 1. The third-order valence-electron chi connectivity index (χ3n) is 4.05. The fourth-order valence-electron chi connectivity index (χ4n) is 3.23. The molecule has 2 aliphatic heterocycles. The van der Waals surface area contributed by atoms with Crippen LogP contribution in [0.5, 0.6) is 0 Å². The van der Waals surface area contributed by atoms with Crippen LogP contribution in [0.1, 0.15) is 19.3 Å². The minimum absolute atomic E-state index is 0.106. The lowest BCUT2D eigenvalue weighted by atomic mass is 9.89. The molecule has 20 heavy (non-hydrogen) atoms. The summed E-state index contributed by atoms with van der Waals surface area (Å²) >= 11 is 3.20. The van der Waals surface area contributed by atoms with Gasteiger partial charge in [0, 0.05) is 29.0 Å². The number of fused-ring (bicyclic) bond motifs is 2. The van der Waals surface area contributed by atoms with Crippen molar-refractivity contribution >= 4 is 31.9 Å². The Kier molecular flexibility index (Phi) is 3.34. The molecule has 2 saturated heterocycles. The zero-order chi connectivity index (χ0) is 14.5. The van der Waals surface area contributed by atoms with Gasteiger partial charge in [0.05, 0.1) is 5.92 Å². The van der Waals surface area contributed by atoms with Gasteiger partial charge >= 0.3 is 5.97 Å². The first kappa shape index (κ1) is 14.0. The molecule has 1 aromatic rings. The van der Waals surface area contributed by atoms with Crippen molar-refractivity contribution in [2.45, 2.75) is 36.2 Å². The number of nitrogens with zero attached hydrogens (tertiary/aromatic N) is 2. The van der Waals surface area contributed by atoms with Crippen LogP contribution >= 0.6 is 15.9 Å². The number of hydrogen-bond acceptors (Lipinski definition) is 4. The maximum atomic E-state index is 12.7. The summed E-state index contributed by atoms with van der Waals surface area (Å²) < 4.78 is 27.3. The number of carboxylic acids is 1. The van der Waals surface area contributed by atoms with E-state index in [1.165, 1.54) is 22.8 Å². The van der Waals surface area contributed by atoms with E-state index in [-0.39, 0.29) is 10.9 Å². The average molecular weight is 361 g/mol. The van der Waals surface area contributed by atoms with E-state index in [1.54, 1.807) is 0 Å². The van der Waals surface area contributed by atoms with E-state index in [4.69, 9.17) is 0 Å². The minimum Gasteiger partial charge on any atom is -0.481 e. The highest BCUT2D eigenvalue weighted by molar-refractivity contribution is 9.10. The van der Waals surface area contributed by atoms with Crippen molar-refractivity contribution in [3.8, 4) is 0 Å². The van der Waals surface area contributed by atoms with Gasteiger partial charge in [0.25, 0.3) is 0 Å². The molecule has 3 unspecified atom stereocenters. The van der Waals surface area contributed by atoms with E-state index < -0.39 is 28.0 Å². The van der Waals surface area contributed by atoms with Crippen LogP contribution in [0.4, 0.5) is 0 Å². The number of halogens is 1. The van der Waals surface area contributed by atoms with Crippen LogP contribution in [0, 0.1) is 5.92 Å². The van der Waals surface area contributed by atoms with Crippen molar-refractivity contribution < 1.29 is 18.3 Å². The molecule has 8 heteroatoms. The van der Waals surface area contributed by atoms with Crippen molar-refractivity contribution in [1.82, 2.24) is 9.29 Å². The Labute approximate surface area is 125 Å². The van der Waals surface area contributed by atoms with Gasteiger partial charge in [0.15, 0.2) is 0 Å². The SMILES string of the molecule is O=C(O)C1CC2CCC1N2S(=O)(=O)c1cncc(Br)c1. The number of carboxylic acid groups (broad SMARTS) is 1. The first-order valence-corrected chi connectivity index (χ1v) is 8.51. The van der Waals surface area contributed by atoms with Gasteiger partial charge in [-0.3, -0.25) is 9.78 Å². The van der Waals surface area contributed by atoms with Gasteiger partial charge in [-0.1, -0.05) is 0 Å². The number of aromatic nitrogens is 1. The summed E-state index contributed by atoms with van der Waals surface area (Å²) in [6.45, 7) is 0. The molecule has 1 aromatic heterocycles. The molecule has 2 fully saturated rings. The number of carbonyl (C=O) groups is 1. The maximum Gasteiger partial charge on any atom is 0.308 e. The van der Waals surface area contributed by atoms with Crippen LogP contribution in [-0.2, 0) is 14.8 Å². The zero-order valence-corrected chi connectivity index (χ0v) is 12.8. The highest BCUT2D eigenvalue weighted by Crippen LogP contribution is 2.45. The van der Waals surface area contributed by atoms with Crippen LogP contribution in [0.3, 0.4) is 0 Å². The fraction of sp³-hybridized carbons (Fsp3) is 0.500. The smallest absolute Gasteiger partial charge is 0.308 e. The summed E-state index contributed by atoms with van der Waals surface area (Å²) in [6.07, 6.45) is 4.56. The largest absolute Gasteiger partial charge is 0.481 e. The van der Waals surface area contributed by atoms with E-state index in [1.807, 2.05) is 0 Å². The molecule has 0 aromatic carbocycles. The highest BCUT2D eigenvalue weighted by atomic mass is 79.9. The van der Waals surface area contributed by atoms with Gasteiger partial charge < -0.3 is 5.11 Å². The third kappa shape index (κ3) is 2.06. The van der Waals surface area contributed by atoms with Gasteiger partial charge in [-0.25, -0.2) is 8.42 Å². The molecule has 2 aliphatic rings. The summed E-state index contributed by atoms with van der Waals surface area (Å²) in [6, 6.07) is 0.863. The molecule has 0 aliphatic carbocycles. The van der Waals surface area contributed by atoms with Crippen molar-refractivity contribution in [1.29, 1.82) is 0 Å². The minimum atomic E-state index is -3.69. The summed E-state index contributed by atoms with van der Waals surface area (Å²) in [5.74, 6) is -1.51. The lowest BCUT2D eigenvalue weighted by Crippen LogP contribution is -2.37. The van der Waals surface area contributed by atoms with Crippen molar-refractivity contribution in [2.24, 2.45) is 5.92 Å². The van der Waals surface area contributed by atoms with Crippen molar-refractivity contribution in [3.05, 3.63) is 22.9 Å². The summed E-state index contributed by atoms with van der Waals surface area (Å²) in [7, 11) is -3.69.